The van der Waals surface area contributed by atoms with Crippen LogP contribution in [-0.2, 0) is 0 Å². The van der Waals surface area contributed by atoms with E-state index in [1.807, 2.05) is 13.0 Å². The molecule has 0 radical (unpaired) electrons. The molecule has 1 aromatic heterocycles. The Morgan fingerprint density at radius 2 is 2.28 bits per heavy atom. The molecule has 1 atom stereocenters. The SMILES string of the molecule is C[C@@H](CN)NC(=O)c1ccccc1-n1cnnn1. The molecule has 0 aliphatic carbocycles. The van der Waals surface area contributed by atoms with E-state index in [4.69, 9.17) is 5.73 Å². The number of nitrogens with two attached hydrogens (primary N) is 1. The third-order valence-electron chi connectivity index (χ3n) is 2.48. The van der Waals surface area contributed by atoms with Crippen molar-refractivity contribution >= 4 is 5.91 Å². The zero-order valence-corrected chi connectivity index (χ0v) is 9.95. The van der Waals surface area contributed by atoms with Crippen LogP contribution in [0.4, 0.5) is 0 Å². The van der Waals surface area contributed by atoms with Crippen LogP contribution in [0.25, 0.3) is 5.69 Å². The molecule has 0 saturated heterocycles. The number of hydrogen-bond acceptors (Lipinski definition) is 5. The molecule has 0 spiro atoms. The number of benzene rings is 1. The van der Waals surface area contributed by atoms with Crippen molar-refractivity contribution in [3.8, 4) is 5.69 Å². The number of amides is 1. The summed E-state index contributed by atoms with van der Waals surface area (Å²) in [5.74, 6) is -0.195. The monoisotopic (exact) mass is 246 g/mol. The average molecular weight is 246 g/mol. The van der Waals surface area contributed by atoms with Crippen LogP contribution < -0.4 is 11.1 Å². The largest absolute Gasteiger partial charge is 0.348 e. The lowest BCUT2D eigenvalue weighted by molar-refractivity contribution is 0.0941. The fourth-order valence-electron chi connectivity index (χ4n) is 1.50. The van der Waals surface area contributed by atoms with Gasteiger partial charge in [-0.2, -0.15) is 4.68 Å². The van der Waals surface area contributed by atoms with Gasteiger partial charge in [-0.25, -0.2) is 0 Å². The number of para-hydroxylation sites is 1. The van der Waals surface area contributed by atoms with E-state index in [1.165, 1.54) is 11.0 Å². The number of hydrogen-bond donors (Lipinski definition) is 2. The Hall–Kier alpha value is -2.28. The fourth-order valence-corrected chi connectivity index (χ4v) is 1.50. The van der Waals surface area contributed by atoms with Crippen LogP contribution in [0.15, 0.2) is 30.6 Å². The Kier molecular flexibility index (Phi) is 3.63. The summed E-state index contributed by atoms with van der Waals surface area (Å²) in [7, 11) is 0. The molecule has 1 heterocycles. The van der Waals surface area contributed by atoms with Crippen LogP contribution in [0.5, 0.6) is 0 Å². The van der Waals surface area contributed by atoms with Crippen molar-refractivity contribution in [3.05, 3.63) is 36.2 Å². The molecule has 3 N–H and O–H groups in total. The smallest absolute Gasteiger partial charge is 0.253 e. The van der Waals surface area contributed by atoms with Gasteiger partial charge in [-0.05, 0) is 29.5 Å². The molecule has 2 aromatic rings. The van der Waals surface area contributed by atoms with Gasteiger partial charge in [-0.15, -0.1) is 5.10 Å². The van der Waals surface area contributed by atoms with Crippen LogP contribution >= 0.6 is 0 Å². The highest BCUT2D eigenvalue weighted by molar-refractivity contribution is 5.97. The van der Waals surface area contributed by atoms with E-state index >= 15 is 0 Å². The lowest BCUT2D eigenvalue weighted by Crippen LogP contribution is -2.38. The highest BCUT2D eigenvalue weighted by atomic mass is 16.1. The molecule has 0 saturated carbocycles. The first-order valence-corrected chi connectivity index (χ1v) is 5.55. The van der Waals surface area contributed by atoms with Crippen molar-refractivity contribution in [3.63, 3.8) is 0 Å². The molecule has 1 aromatic carbocycles. The highest BCUT2D eigenvalue weighted by Gasteiger charge is 2.14. The van der Waals surface area contributed by atoms with Crippen molar-refractivity contribution < 1.29 is 4.79 Å². The first-order valence-electron chi connectivity index (χ1n) is 5.55. The van der Waals surface area contributed by atoms with Gasteiger partial charge >= 0.3 is 0 Å². The maximum Gasteiger partial charge on any atom is 0.253 e. The molecule has 0 bridgehead atoms. The average Bonchev–Trinajstić information content (AvgIpc) is 2.92. The van der Waals surface area contributed by atoms with Gasteiger partial charge in [0.1, 0.15) is 6.33 Å². The van der Waals surface area contributed by atoms with Crippen LogP contribution in [0.1, 0.15) is 17.3 Å². The molecule has 18 heavy (non-hydrogen) atoms. The normalized spacial score (nSPS) is 12.1. The van der Waals surface area contributed by atoms with E-state index < -0.39 is 0 Å². The predicted octanol–water partition coefficient (Wildman–Crippen LogP) is -0.261. The highest BCUT2D eigenvalue weighted by Crippen LogP contribution is 2.12. The summed E-state index contributed by atoms with van der Waals surface area (Å²) >= 11 is 0. The van der Waals surface area contributed by atoms with Crippen molar-refractivity contribution in [2.75, 3.05) is 6.54 Å². The van der Waals surface area contributed by atoms with Crippen molar-refractivity contribution in [2.45, 2.75) is 13.0 Å². The number of carbonyl (C=O) groups excluding carboxylic acids is 1. The minimum absolute atomic E-state index is 0.0839. The minimum atomic E-state index is -0.195. The number of rotatable bonds is 4. The van der Waals surface area contributed by atoms with E-state index in [0.717, 1.165) is 0 Å². The lowest BCUT2D eigenvalue weighted by Gasteiger charge is -2.13. The van der Waals surface area contributed by atoms with E-state index in [-0.39, 0.29) is 11.9 Å². The second-order valence-electron chi connectivity index (χ2n) is 3.88. The summed E-state index contributed by atoms with van der Waals surface area (Å²) in [5.41, 5.74) is 6.61. The fraction of sp³-hybridized carbons (Fsp3) is 0.273. The van der Waals surface area contributed by atoms with Gasteiger partial charge in [-0.1, -0.05) is 12.1 Å². The van der Waals surface area contributed by atoms with Crippen LogP contribution in [0.2, 0.25) is 0 Å². The Bertz CT molecular complexity index is 524. The maximum atomic E-state index is 12.1. The standard InChI is InChI=1S/C11H14N6O/c1-8(6-12)14-11(18)9-4-2-3-5-10(9)17-7-13-15-16-17/h2-5,7-8H,6,12H2,1H3,(H,14,18)/t8-/m0/s1. The molecule has 0 fully saturated rings. The van der Waals surface area contributed by atoms with Gasteiger partial charge in [0.25, 0.3) is 5.91 Å². The molecule has 0 aliphatic rings. The van der Waals surface area contributed by atoms with Gasteiger partial charge in [-0.3, -0.25) is 4.79 Å². The zero-order chi connectivity index (χ0) is 13.0. The van der Waals surface area contributed by atoms with E-state index in [9.17, 15) is 4.79 Å². The maximum absolute atomic E-state index is 12.1. The summed E-state index contributed by atoms with van der Waals surface area (Å²) in [4.78, 5) is 12.1. The summed E-state index contributed by atoms with van der Waals surface area (Å²) in [6.07, 6.45) is 1.44. The van der Waals surface area contributed by atoms with Gasteiger partial charge in [0.15, 0.2) is 0 Å². The van der Waals surface area contributed by atoms with Crippen LogP contribution in [-0.4, -0.2) is 38.7 Å². The van der Waals surface area contributed by atoms with Crippen molar-refractivity contribution in [1.29, 1.82) is 0 Å². The molecule has 0 unspecified atom stereocenters. The third-order valence-corrected chi connectivity index (χ3v) is 2.48. The third kappa shape index (κ3) is 2.51. The van der Waals surface area contributed by atoms with E-state index in [0.29, 0.717) is 17.8 Å². The Balaban J connectivity index is 2.31. The molecular formula is C11H14N6O. The topological polar surface area (TPSA) is 98.7 Å². The van der Waals surface area contributed by atoms with Crippen LogP contribution in [0.3, 0.4) is 0 Å². The van der Waals surface area contributed by atoms with Gasteiger partial charge in [0.05, 0.1) is 11.3 Å². The molecule has 94 valence electrons. The molecule has 1 amide bonds. The number of nitrogens with one attached hydrogen (secondary N) is 1. The van der Waals surface area contributed by atoms with Gasteiger partial charge < -0.3 is 11.1 Å². The molecule has 0 aliphatic heterocycles. The second kappa shape index (κ2) is 5.37. The summed E-state index contributed by atoms with van der Waals surface area (Å²) in [5, 5.41) is 13.7. The second-order valence-corrected chi connectivity index (χ2v) is 3.88. The van der Waals surface area contributed by atoms with Gasteiger partial charge in [0.2, 0.25) is 0 Å². The number of tetrazole rings is 1. The Labute approximate surface area is 104 Å². The predicted molar refractivity (Wildman–Crippen MR) is 65.1 cm³/mol. The molecule has 2 rings (SSSR count). The van der Waals surface area contributed by atoms with Gasteiger partial charge in [0, 0.05) is 12.6 Å². The molecule has 7 heteroatoms. The van der Waals surface area contributed by atoms with E-state index in [1.54, 1.807) is 18.2 Å². The Morgan fingerprint density at radius 1 is 1.50 bits per heavy atom. The van der Waals surface area contributed by atoms with Crippen molar-refractivity contribution in [2.24, 2.45) is 5.73 Å². The zero-order valence-electron chi connectivity index (χ0n) is 9.95. The first kappa shape index (κ1) is 12.2. The Morgan fingerprint density at radius 3 is 2.94 bits per heavy atom. The summed E-state index contributed by atoms with van der Waals surface area (Å²) in [6.45, 7) is 2.23. The number of carbonyl (C=O) groups is 1. The van der Waals surface area contributed by atoms with Crippen molar-refractivity contribution in [1.82, 2.24) is 25.5 Å². The van der Waals surface area contributed by atoms with E-state index in [2.05, 4.69) is 20.8 Å². The summed E-state index contributed by atoms with van der Waals surface area (Å²) < 4.78 is 1.45. The van der Waals surface area contributed by atoms with Crippen LogP contribution in [0, 0.1) is 0 Å². The molecular weight excluding hydrogens is 232 g/mol. The minimum Gasteiger partial charge on any atom is -0.348 e. The first-order chi connectivity index (χ1) is 8.72. The molecule has 7 nitrogen and oxygen atoms in total. The summed E-state index contributed by atoms with van der Waals surface area (Å²) in [6, 6.07) is 7.02. The lowest BCUT2D eigenvalue weighted by atomic mass is 10.1. The quantitative estimate of drug-likeness (QED) is 0.774. The number of aromatic nitrogens is 4. The number of nitrogens with zero attached hydrogens (tertiary/aromatic N) is 4.